The first-order valence-electron chi connectivity index (χ1n) is 7.45. The minimum Gasteiger partial charge on any atom is -0.486 e. The zero-order valence-corrected chi connectivity index (χ0v) is 13.9. The van der Waals surface area contributed by atoms with Crippen LogP contribution >= 0.6 is 12.2 Å². The summed E-state index contributed by atoms with van der Waals surface area (Å²) in [4.78, 5) is 11.0. The van der Waals surface area contributed by atoms with Gasteiger partial charge in [0.05, 0.1) is 0 Å². The molecule has 6 nitrogen and oxygen atoms in total. The van der Waals surface area contributed by atoms with E-state index in [9.17, 15) is 4.79 Å². The standard InChI is InChI=1S/C17H17N3O3S/c1-11(21)18-12-2-4-13(5-3-12)19-17(24)20-14-6-7-15-16(10-14)23-9-8-22-15/h2-7,10H,8-9H2,1H3,(H,18,21)(H2,19,20,24). The Balaban J connectivity index is 1.60. The highest BCUT2D eigenvalue weighted by Gasteiger charge is 2.12. The number of carbonyl (C=O) groups is 1. The first-order valence-corrected chi connectivity index (χ1v) is 7.86. The maximum absolute atomic E-state index is 11.0. The number of benzene rings is 2. The number of anilines is 3. The molecule has 0 saturated carbocycles. The number of hydrogen-bond donors (Lipinski definition) is 3. The van der Waals surface area contributed by atoms with Gasteiger partial charge in [-0.05, 0) is 48.6 Å². The van der Waals surface area contributed by atoms with E-state index in [-0.39, 0.29) is 5.91 Å². The van der Waals surface area contributed by atoms with Gasteiger partial charge in [0.15, 0.2) is 16.6 Å². The van der Waals surface area contributed by atoms with E-state index in [4.69, 9.17) is 21.7 Å². The van der Waals surface area contributed by atoms with E-state index < -0.39 is 0 Å². The van der Waals surface area contributed by atoms with Crippen LogP contribution in [0.1, 0.15) is 6.92 Å². The van der Waals surface area contributed by atoms with Gasteiger partial charge in [-0.15, -0.1) is 0 Å². The minimum atomic E-state index is -0.105. The van der Waals surface area contributed by atoms with Gasteiger partial charge in [0, 0.05) is 30.1 Å². The number of fused-ring (bicyclic) bond motifs is 1. The van der Waals surface area contributed by atoms with E-state index in [1.807, 2.05) is 30.3 Å². The highest BCUT2D eigenvalue weighted by molar-refractivity contribution is 7.80. The number of nitrogens with one attached hydrogen (secondary N) is 3. The number of thiocarbonyl (C=S) groups is 1. The van der Waals surface area contributed by atoms with Crippen LogP contribution < -0.4 is 25.4 Å². The van der Waals surface area contributed by atoms with Crippen LogP contribution in [0.2, 0.25) is 0 Å². The molecule has 0 bridgehead atoms. The Morgan fingerprint density at radius 1 is 0.875 bits per heavy atom. The molecular weight excluding hydrogens is 326 g/mol. The lowest BCUT2D eigenvalue weighted by Crippen LogP contribution is -2.20. The predicted molar refractivity (Wildman–Crippen MR) is 98.0 cm³/mol. The van der Waals surface area contributed by atoms with E-state index in [2.05, 4.69) is 16.0 Å². The molecule has 1 aliphatic heterocycles. The molecule has 124 valence electrons. The van der Waals surface area contributed by atoms with Crippen molar-refractivity contribution in [1.29, 1.82) is 0 Å². The molecular formula is C17H17N3O3S. The third kappa shape index (κ3) is 4.14. The van der Waals surface area contributed by atoms with Crippen LogP contribution in [-0.4, -0.2) is 24.2 Å². The normalized spacial score (nSPS) is 12.2. The summed E-state index contributed by atoms with van der Waals surface area (Å²) in [7, 11) is 0. The molecule has 0 unspecified atom stereocenters. The van der Waals surface area contributed by atoms with Gasteiger partial charge in [-0.25, -0.2) is 0 Å². The van der Waals surface area contributed by atoms with Crippen molar-refractivity contribution in [3.63, 3.8) is 0 Å². The molecule has 24 heavy (non-hydrogen) atoms. The topological polar surface area (TPSA) is 71.6 Å². The van der Waals surface area contributed by atoms with E-state index in [0.29, 0.717) is 24.1 Å². The highest BCUT2D eigenvalue weighted by atomic mass is 32.1. The molecule has 7 heteroatoms. The summed E-state index contributed by atoms with van der Waals surface area (Å²) in [6, 6.07) is 12.9. The number of rotatable bonds is 3. The van der Waals surface area contributed by atoms with Crippen LogP contribution in [0.25, 0.3) is 0 Å². The van der Waals surface area contributed by atoms with Gasteiger partial charge in [0.2, 0.25) is 5.91 Å². The van der Waals surface area contributed by atoms with E-state index in [1.54, 1.807) is 12.1 Å². The SMILES string of the molecule is CC(=O)Nc1ccc(NC(=S)Nc2ccc3c(c2)OCCO3)cc1. The van der Waals surface area contributed by atoms with Crippen molar-refractivity contribution in [2.75, 3.05) is 29.2 Å². The predicted octanol–water partition coefficient (Wildman–Crippen LogP) is 3.23. The molecule has 0 aliphatic carbocycles. The van der Waals surface area contributed by atoms with Crippen molar-refractivity contribution in [2.24, 2.45) is 0 Å². The lowest BCUT2D eigenvalue weighted by molar-refractivity contribution is -0.114. The second kappa shape index (κ2) is 7.18. The number of ether oxygens (including phenoxy) is 2. The van der Waals surface area contributed by atoms with Crippen molar-refractivity contribution < 1.29 is 14.3 Å². The highest BCUT2D eigenvalue weighted by Crippen LogP contribution is 2.32. The van der Waals surface area contributed by atoms with Gasteiger partial charge in [-0.1, -0.05) is 0 Å². The molecule has 1 heterocycles. The molecule has 2 aromatic carbocycles. The molecule has 1 aliphatic rings. The fourth-order valence-electron chi connectivity index (χ4n) is 2.25. The van der Waals surface area contributed by atoms with Gasteiger partial charge in [0.25, 0.3) is 0 Å². The van der Waals surface area contributed by atoms with Gasteiger partial charge in [0.1, 0.15) is 13.2 Å². The molecule has 1 amide bonds. The van der Waals surface area contributed by atoms with Crippen LogP contribution in [-0.2, 0) is 4.79 Å². The summed E-state index contributed by atoms with van der Waals surface area (Å²) in [6.07, 6.45) is 0. The molecule has 3 N–H and O–H groups in total. The largest absolute Gasteiger partial charge is 0.486 e. The third-order valence-corrected chi connectivity index (χ3v) is 3.47. The van der Waals surface area contributed by atoms with Gasteiger partial charge >= 0.3 is 0 Å². The Hall–Kier alpha value is -2.80. The zero-order valence-electron chi connectivity index (χ0n) is 13.1. The van der Waals surface area contributed by atoms with Crippen molar-refractivity contribution >= 4 is 40.3 Å². The van der Waals surface area contributed by atoms with Crippen LogP contribution in [0.15, 0.2) is 42.5 Å². The molecule has 3 rings (SSSR count). The van der Waals surface area contributed by atoms with Crippen molar-refractivity contribution in [2.45, 2.75) is 6.92 Å². The van der Waals surface area contributed by atoms with Gasteiger partial charge in [-0.2, -0.15) is 0 Å². The average Bonchev–Trinajstić information content (AvgIpc) is 2.56. The van der Waals surface area contributed by atoms with Crippen LogP contribution in [0.5, 0.6) is 11.5 Å². The molecule has 0 fully saturated rings. The summed E-state index contributed by atoms with van der Waals surface area (Å²) in [5.74, 6) is 1.33. The summed E-state index contributed by atoms with van der Waals surface area (Å²) in [6.45, 7) is 2.58. The van der Waals surface area contributed by atoms with Crippen LogP contribution in [0.3, 0.4) is 0 Å². The monoisotopic (exact) mass is 343 g/mol. The smallest absolute Gasteiger partial charge is 0.221 e. The van der Waals surface area contributed by atoms with Crippen molar-refractivity contribution in [3.8, 4) is 11.5 Å². The Morgan fingerprint density at radius 2 is 1.42 bits per heavy atom. The summed E-state index contributed by atoms with van der Waals surface area (Å²) in [5, 5.41) is 9.36. The number of hydrogen-bond acceptors (Lipinski definition) is 4. The van der Waals surface area contributed by atoms with Crippen LogP contribution in [0.4, 0.5) is 17.1 Å². The second-order valence-electron chi connectivity index (χ2n) is 5.20. The number of amides is 1. The average molecular weight is 343 g/mol. The van der Waals surface area contributed by atoms with Crippen molar-refractivity contribution in [3.05, 3.63) is 42.5 Å². The summed E-state index contributed by atoms with van der Waals surface area (Å²) < 4.78 is 11.0. The van der Waals surface area contributed by atoms with E-state index in [1.165, 1.54) is 6.92 Å². The molecule has 0 radical (unpaired) electrons. The van der Waals surface area contributed by atoms with Crippen molar-refractivity contribution in [1.82, 2.24) is 0 Å². The molecule has 0 spiro atoms. The third-order valence-electron chi connectivity index (χ3n) is 3.26. The lowest BCUT2D eigenvalue weighted by Gasteiger charge is -2.19. The molecule has 0 aromatic heterocycles. The van der Waals surface area contributed by atoms with E-state index >= 15 is 0 Å². The first-order chi connectivity index (χ1) is 11.6. The molecule has 0 atom stereocenters. The Kier molecular flexibility index (Phi) is 4.81. The Labute approximate surface area is 145 Å². The fraction of sp³-hybridized carbons (Fsp3) is 0.176. The molecule has 2 aromatic rings. The van der Waals surface area contributed by atoms with Gasteiger partial charge < -0.3 is 25.4 Å². The maximum atomic E-state index is 11.0. The Morgan fingerprint density at radius 3 is 2.08 bits per heavy atom. The molecule has 0 saturated heterocycles. The Bertz CT molecular complexity index is 762. The van der Waals surface area contributed by atoms with E-state index in [0.717, 1.165) is 22.8 Å². The minimum absolute atomic E-state index is 0.105. The van der Waals surface area contributed by atoms with Crippen LogP contribution in [0, 0.1) is 0 Å². The second-order valence-corrected chi connectivity index (χ2v) is 5.60. The quantitative estimate of drug-likeness (QED) is 0.743. The number of carbonyl (C=O) groups excluding carboxylic acids is 1. The first kappa shape index (κ1) is 16.1. The lowest BCUT2D eigenvalue weighted by atomic mass is 10.2. The van der Waals surface area contributed by atoms with Gasteiger partial charge in [-0.3, -0.25) is 4.79 Å². The maximum Gasteiger partial charge on any atom is 0.221 e. The zero-order chi connectivity index (χ0) is 16.9. The summed E-state index contributed by atoms with van der Waals surface area (Å²) in [5.41, 5.74) is 2.37. The summed E-state index contributed by atoms with van der Waals surface area (Å²) >= 11 is 5.31. The fourth-order valence-corrected chi connectivity index (χ4v) is 2.49.